The molecule has 2 bridgehead atoms. The Kier molecular flexibility index (Phi) is 8.64. The predicted molar refractivity (Wildman–Crippen MR) is 136 cm³/mol. The molecule has 9 heteroatoms. The fourth-order valence-electron chi connectivity index (χ4n) is 6.70. The Bertz CT molecular complexity index is 812. The Balaban J connectivity index is 1.92. The lowest BCUT2D eigenvalue weighted by atomic mass is 9.70. The van der Waals surface area contributed by atoms with E-state index in [1.807, 2.05) is 13.8 Å². The summed E-state index contributed by atoms with van der Waals surface area (Å²) in [6, 6.07) is -0.804. The highest BCUT2D eigenvalue weighted by atomic mass is 79.9. The fourth-order valence-corrected chi connectivity index (χ4v) is 7.64. The molecule has 8 nitrogen and oxygen atoms in total. The first-order valence-corrected chi connectivity index (χ1v) is 13.9. The maximum atomic E-state index is 13.9. The van der Waals surface area contributed by atoms with Gasteiger partial charge in [0.2, 0.25) is 11.8 Å². The molecule has 0 saturated carbocycles. The Hall–Kier alpha value is -1.19. The molecule has 3 fully saturated rings. The summed E-state index contributed by atoms with van der Waals surface area (Å²) in [4.78, 5) is 42.2. The number of aliphatic hydroxyl groups excluding tert-OH is 1. The van der Waals surface area contributed by atoms with Crippen molar-refractivity contribution in [2.75, 3.05) is 19.8 Å². The van der Waals surface area contributed by atoms with Gasteiger partial charge in [0, 0.05) is 23.5 Å². The number of unbranched alkanes of at least 4 members (excludes halogenated alkanes) is 3. The summed E-state index contributed by atoms with van der Waals surface area (Å²) < 4.78 is 11.8. The number of amides is 2. The van der Waals surface area contributed by atoms with Gasteiger partial charge in [-0.05, 0) is 51.9 Å². The first-order valence-electron chi connectivity index (χ1n) is 13.0. The van der Waals surface area contributed by atoms with E-state index in [0.29, 0.717) is 19.4 Å². The molecule has 3 unspecified atom stereocenters. The van der Waals surface area contributed by atoms with Gasteiger partial charge in [-0.1, -0.05) is 49.5 Å². The van der Waals surface area contributed by atoms with Crippen molar-refractivity contribution in [3.63, 3.8) is 0 Å². The van der Waals surface area contributed by atoms with Crippen LogP contribution in [0.4, 0.5) is 0 Å². The molecule has 3 aliphatic heterocycles. The molecule has 200 valence electrons. The van der Waals surface area contributed by atoms with Crippen molar-refractivity contribution >= 4 is 33.7 Å². The normalized spacial score (nSPS) is 32.2. The van der Waals surface area contributed by atoms with Gasteiger partial charge in [0.1, 0.15) is 11.6 Å². The summed E-state index contributed by atoms with van der Waals surface area (Å²) in [5, 5.41) is 12.3. The second-order valence-corrected chi connectivity index (χ2v) is 13.4. The van der Waals surface area contributed by atoms with Gasteiger partial charge >= 0.3 is 5.97 Å². The number of aliphatic hydroxyl groups is 1. The van der Waals surface area contributed by atoms with Crippen LogP contribution in [0.25, 0.3) is 0 Å². The Morgan fingerprint density at radius 2 is 1.86 bits per heavy atom. The fraction of sp³-hybridized carbons (Fsp3) is 0.885. The lowest BCUT2D eigenvalue weighted by molar-refractivity contribution is -0.154. The van der Waals surface area contributed by atoms with Gasteiger partial charge in [0.15, 0.2) is 0 Å². The van der Waals surface area contributed by atoms with Crippen LogP contribution in [-0.2, 0) is 23.9 Å². The number of hydrogen-bond acceptors (Lipinski definition) is 6. The average Bonchev–Trinajstić information content (AvgIpc) is 3.29. The molecule has 3 saturated heterocycles. The molecule has 0 radical (unpaired) electrons. The van der Waals surface area contributed by atoms with Crippen LogP contribution in [0.2, 0.25) is 0 Å². The molecule has 0 aliphatic carbocycles. The number of esters is 1. The van der Waals surface area contributed by atoms with Gasteiger partial charge in [-0.25, -0.2) is 0 Å². The number of carbonyl (C=O) groups is 3. The summed E-state index contributed by atoms with van der Waals surface area (Å²) in [7, 11) is 0. The predicted octanol–water partition coefficient (Wildman–Crippen LogP) is 3.18. The number of rotatable bonds is 11. The number of carbonyl (C=O) groups excluding carboxylic acids is 3. The zero-order valence-electron chi connectivity index (χ0n) is 22.1. The van der Waals surface area contributed by atoms with Crippen LogP contribution in [0, 0.1) is 17.3 Å². The van der Waals surface area contributed by atoms with Crippen molar-refractivity contribution < 1.29 is 29.0 Å². The van der Waals surface area contributed by atoms with E-state index in [0.717, 1.165) is 25.7 Å². The van der Waals surface area contributed by atoms with Gasteiger partial charge in [0.05, 0.1) is 24.5 Å². The van der Waals surface area contributed by atoms with Crippen LogP contribution in [-0.4, -0.2) is 75.7 Å². The van der Waals surface area contributed by atoms with Crippen LogP contribution >= 0.6 is 15.9 Å². The van der Waals surface area contributed by atoms with Crippen molar-refractivity contribution in [2.24, 2.45) is 17.3 Å². The standard InChI is InChI=1S/C26H43BrN2O6/c1-7-34-23(33)17-18-22(32)29(12-10-8-9-11-13-30)20(26(18)14-16(27)19(17)35-26)21(31)28-25(5,6)15-24(2,3)4/h16-20,30H,7-15H2,1-6H3,(H,28,31)/t16?,17-,18-,19-,20?,26?/m0/s1. The van der Waals surface area contributed by atoms with Gasteiger partial charge in [-0.2, -0.15) is 0 Å². The minimum atomic E-state index is -1.06. The lowest BCUT2D eigenvalue weighted by Crippen LogP contribution is -2.59. The van der Waals surface area contributed by atoms with Gasteiger partial charge in [-0.3, -0.25) is 14.4 Å². The molecule has 35 heavy (non-hydrogen) atoms. The number of halogens is 1. The maximum Gasteiger partial charge on any atom is 0.312 e. The van der Waals surface area contributed by atoms with Crippen LogP contribution < -0.4 is 5.32 Å². The first kappa shape index (κ1) is 28.4. The third-order valence-electron chi connectivity index (χ3n) is 7.34. The number of likely N-dealkylation sites (tertiary alicyclic amines) is 1. The quantitative estimate of drug-likeness (QED) is 0.229. The summed E-state index contributed by atoms with van der Waals surface area (Å²) in [5.41, 5.74) is -1.53. The second kappa shape index (κ2) is 10.7. The molecule has 2 amide bonds. The molecule has 3 aliphatic rings. The van der Waals surface area contributed by atoms with E-state index in [1.54, 1.807) is 11.8 Å². The molecule has 0 aromatic rings. The summed E-state index contributed by atoms with van der Waals surface area (Å²) in [5.74, 6) is -2.30. The Morgan fingerprint density at radius 3 is 2.46 bits per heavy atom. The molecule has 0 aromatic heterocycles. The third-order valence-corrected chi connectivity index (χ3v) is 8.18. The van der Waals surface area contributed by atoms with Crippen LogP contribution in [0.15, 0.2) is 0 Å². The highest BCUT2D eigenvalue weighted by molar-refractivity contribution is 9.09. The van der Waals surface area contributed by atoms with Gasteiger partial charge in [0.25, 0.3) is 0 Å². The monoisotopic (exact) mass is 558 g/mol. The molecular weight excluding hydrogens is 516 g/mol. The molecular formula is C26H43BrN2O6. The van der Waals surface area contributed by atoms with Crippen LogP contribution in [0.3, 0.4) is 0 Å². The highest BCUT2D eigenvalue weighted by Crippen LogP contribution is 2.60. The highest BCUT2D eigenvalue weighted by Gasteiger charge is 2.76. The summed E-state index contributed by atoms with van der Waals surface area (Å²) in [6.45, 7) is 12.9. The van der Waals surface area contributed by atoms with Crippen molar-refractivity contribution in [1.82, 2.24) is 10.2 Å². The molecule has 1 spiro atoms. The van der Waals surface area contributed by atoms with E-state index in [1.165, 1.54) is 0 Å². The second-order valence-electron chi connectivity index (χ2n) is 12.2. The Labute approximate surface area is 218 Å². The van der Waals surface area contributed by atoms with E-state index in [-0.39, 0.29) is 35.3 Å². The van der Waals surface area contributed by atoms with E-state index in [4.69, 9.17) is 14.6 Å². The Morgan fingerprint density at radius 1 is 1.20 bits per heavy atom. The summed E-state index contributed by atoms with van der Waals surface area (Å²) in [6.07, 6.45) is 3.89. The van der Waals surface area contributed by atoms with Crippen molar-refractivity contribution in [3.05, 3.63) is 0 Å². The first-order chi connectivity index (χ1) is 16.3. The summed E-state index contributed by atoms with van der Waals surface area (Å²) >= 11 is 3.67. The van der Waals surface area contributed by atoms with E-state index in [2.05, 4.69) is 42.0 Å². The zero-order valence-corrected chi connectivity index (χ0v) is 23.7. The minimum Gasteiger partial charge on any atom is -0.466 e. The van der Waals surface area contributed by atoms with Crippen LogP contribution in [0.5, 0.6) is 0 Å². The topological polar surface area (TPSA) is 105 Å². The lowest BCUT2D eigenvalue weighted by Gasteiger charge is -2.38. The molecule has 0 aromatic carbocycles. The van der Waals surface area contributed by atoms with E-state index in [9.17, 15) is 14.4 Å². The molecule has 2 N–H and O–H groups in total. The minimum absolute atomic E-state index is 0.00770. The van der Waals surface area contributed by atoms with E-state index >= 15 is 0 Å². The number of ether oxygens (including phenoxy) is 2. The molecule has 6 atom stereocenters. The van der Waals surface area contributed by atoms with Crippen molar-refractivity contribution in [1.29, 1.82) is 0 Å². The number of hydrogen-bond donors (Lipinski definition) is 2. The molecule has 3 heterocycles. The number of alkyl halides is 1. The molecule has 3 rings (SSSR count). The maximum absolute atomic E-state index is 13.9. The van der Waals surface area contributed by atoms with E-state index < -0.39 is 41.1 Å². The number of nitrogens with one attached hydrogen (secondary N) is 1. The van der Waals surface area contributed by atoms with Crippen molar-refractivity contribution in [2.45, 2.75) is 108 Å². The van der Waals surface area contributed by atoms with Crippen LogP contribution in [0.1, 0.15) is 80.1 Å². The SMILES string of the molecule is CCOC(=O)[C@H]1[C@H]2C(=O)N(CCCCCCO)C(C(=O)NC(C)(C)CC(C)(C)C)C23CC(Br)[C@@H]1O3. The third kappa shape index (κ3) is 5.72. The zero-order chi connectivity index (χ0) is 26.2. The smallest absolute Gasteiger partial charge is 0.312 e. The van der Waals surface area contributed by atoms with Crippen molar-refractivity contribution in [3.8, 4) is 0 Å². The number of fused-ring (bicyclic) bond motifs is 1. The van der Waals surface area contributed by atoms with Gasteiger partial charge in [-0.15, -0.1) is 0 Å². The van der Waals surface area contributed by atoms with Gasteiger partial charge < -0.3 is 24.8 Å². The largest absolute Gasteiger partial charge is 0.466 e. The average molecular weight is 560 g/mol. The number of nitrogens with zero attached hydrogens (tertiary/aromatic N) is 1.